The van der Waals surface area contributed by atoms with Crippen molar-refractivity contribution >= 4 is 41.1 Å². The lowest BCUT2D eigenvalue weighted by Gasteiger charge is -2.33. The van der Waals surface area contributed by atoms with Crippen molar-refractivity contribution in [2.24, 2.45) is 5.92 Å². The van der Waals surface area contributed by atoms with Crippen LogP contribution in [-0.2, 0) is 0 Å². The minimum absolute atomic E-state index is 0.939. The van der Waals surface area contributed by atoms with Crippen LogP contribution in [0.4, 0.5) is 0 Å². The SMILES string of the molecule is CCCCCCCCC(CCCCCC)C[Si]1(CCCCCCCC)c2cc(C)sc2-c2sc(C)cc21. The lowest BCUT2D eigenvalue weighted by molar-refractivity contribution is 0.430. The van der Waals surface area contributed by atoms with Gasteiger partial charge < -0.3 is 0 Å². The Bertz CT molecular complexity index is 846. The highest BCUT2D eigenvalue weighted by Gasteiger charge is 2.48. The summed E-state index contributed by atoms with van der Waals surface area (Å²) in [6, 6.07) is 8.39. The van der Waals surface area contributed by atoms with E-state index in [0.29, 0.717) is 0 Å². The van der Waals surface area contributed by atoms with Gasteiger partial charge in [-0.25, -0.2) is 0 Å². The van der Waals surface area contributed by atoms with Crippen LogP contribution in [0.1, 0.15) is 146 Å². The monoisotopic (exact) mass is 558 g/mol. The Kier molecular flexibility index (Phi) is 14.0. The molecule has 2 aromatic rings. The Labute approximate surface area is 240 Å². The van der Waals surface area contributed by atoms with Crippen LogP contribution >= 0.6 is 22.7 Å². The van der Waals surface area contributed by atoms with E-state index in [2.05, 4.69) is 69.4 Å². The molecule has 37 heavy (non-hydrogen) atoms. The maximum atomic E-state index is 2.67. The second kappa shape index (κ2) is 16.7. The smallest absolute Gasteiger partial charge is 0.122 e. The van der Waals surface area contributed by atoms with Gasteiger partial charge in [0.05, 0.1) is 0 Å². The molecule has 0 saturated heterocycles. The van der Waals surface area contributed by atoms with Gasteiger partial charge in [0.15, 0.2) is 0 Å². The predicted octanol–water partition coefficient (Wildman–Crippen LogP) is 11.7. The maximum Gasteiger partial charge on any atom is 0.122 e. The number of aryl methyl sites for hydroxylation is 2. The Morgan fingerprint density at radius 3 is 1.46 bits per heavy atom. The molecule has 1 aliphatic heterocycles. The fraction of sp³-hybridized carbons (Fsp3) is 0.765. The van der Waals surface area contributed by atoms with Crippen LogP contribution in [0.5, 0.6) is 0 Å². The number of hydrogen-bond acceptors (Lipinski definition) is 2. The van der Waals surface area contributed by atoms with Crippen molar-refractivity contribution in [1.82, 2.24) is 0 Å². The van der Waals surface area contributed by atoms with Gasteiger partial charge in [0, 0.05) is 19.5 Å². The first-order valence-corrected chi connectivity index (χ1v) is 20.3. The van der Waals surface area contributed by atoms with Crippen molar-refractivity contribution in [2.75, 3.05) is 0 Å². The summed E-state index contributed by atoms with van der Waals surface area (Å²) >= 11 is 4.22. The van der Waals surface area contributed by atoms with E-state index in [-0.39, 0.29) is 0 Å². The summed E-state index contributed by atoms with van der Waals surface area (Å²) in [5, 5.41) is 3.73. The van der Waals surface area contributed by atoms with E-state index in [1.54, 1.807) is 19.5 Å². The first-order chi connectivity index (χ1) is 18.1. The second-order valence-corrected chi connectivity index (χ2v) is 18.9. The number of hydrogen-bond donors (Lipinski definition) is 0. The molecule has 0 spiro atoms. The third-order valence-electron chi connectivity index (χ3n) is 8.97. The molecule has 210 valence electrons. The molecule has 1 atom stereocenters. The third kappa shape index (κ3) is 8.80. The van der Waals surface area contributed by atoms with Crippen molar-refractivity contribution in [3.05, 3.63) is 21.9 Å². The van der Waals surface area contributed by atoms with E-state index in [9.17, 15) is 0 Å². The van der Waals surface area contributed by atoms with E-state index < -0.39 is 8.07 Å². The highest BCUT2D eigenvalue weighted by atomic mass is 32.1. The van der Waals surface area contributed by atoms with Gasteiger partial charge in [-0.2, -0.15) is 0 Å². The number of unbranched alkanes of at least 4 members (excludes halogenated alkanes) is 13. The summed E-state index contributed by atoms with van der Waals surface area (Å²) in [6.45, 7) is 11.8. The molecule has 1 unspecified atom stereocenters. The van der Waals surface area contributed by atoms with Gasteiger partial charge in [-0.1, -0.05) is 136 Å². The standard InChI is InChI=1S/C34H58S2Si/c1-6-9-12-15-17-20-23-30(22-19-14-11-8-3)27-37(24-21-18-16-13-10-7-2)31-25-28(4)35-33(31)34-32(37)26-29(5)36-34/h25-26,30H,6-24,27H2,1-5H3. The number of fused-ring (bicyclic) bond motifs is 3. The molecule has 0 aliphatic carbocycles. The van der Waals surface area contributed by atoms with Crippen LogP contribution in [-0.4, -0.2) is 8.07 Å². The van der Waals surface area contributed by atoms with Crippen LogP contribution in [0.2, 0.25) is 12.1 Å². The van der Waals surface area contributed by atoms with Crippen LogP contribution in [0.25, 0.3) is 9.75 Å². The summed E-state index contributed by atoms with van der Waals surface area (Å²) in [6.07, 6.45) is 25.8. The summed E-state index contributed by atoms with van der Waals surface area (Å²) in [5.74, 6) is 0.939. The number of thiophene rings is 2. The molecule has 3 heterocycles. The molecule has 1 aliphatic rings. The molecule has 3 rings (SSSR count). The van der Waals surface area contributed by atoms with Crippen molar-refractivity contribution in [1.29, 1.82) is 0 Å². The fourth-order valence-corrected chi connectivity index (χ4v) is 16.6. The Hall–Kier alpha value is -0.383. The summed E-state index contributed by atoms with van der Waals surface area (Å²) < 4.78 is 0. The molecular weight excluding hydrogens is 501 g/mol. The molecule has 3 heteroatoms. The molecule has 0 aromatic carbocycles. The molecule has 0 amide bonds. The first kappa shape index (κ1) is 31.1. The zero-order chi connectivity index (χ0) is 26.5. The van der Waals surface area contributed by atoms with E-state index in [0.717, 1.165) is 5.92 Å². The molecule has 0 fully saturated rings. The Morgan fingerprint density at radius 2 is 0.973 bits per heavy atom. The minimum Gasteiger partial charge on any atom is -0.140 e. The zero-order valence-corrected chi connectivity index (χ0v) is 27.8. The highest BCUT2D eigenvalue weighted by Crippen LogP contribution is 2.44. The molecule has 2 aromatic heterocycles. The van der Waals surface area contributed by atoms with Gasteiger partial charge in [-0.05, 0) is 54.4 Å². The van der Waals surface area contributed by atoms with Gasteiger partial charge in [0.2, 0.25) is 0 Å². The van der Waals surface area contributed by atoms with Crippen LogP contribution < -0.4 is 10.4 Å². The van der Waals surface area contributed by atoms with Gasteiger partial charge in [-0.3, -0.25) is 0 Å². The topological polar surface area (TPSA) is 0 Å². The van der Waals surface area contributed by atoms with E-state index in [1.807, 2.05) is 10.4 Å². The first-order valence-electron chi connectivity index (χ1n) is 16.3. The van der Waals surface area contributed by atoms with Crippen molar-refractivity contribution in [3.8, 4) is 9.75 Å². The predicted molar refractivity (Wildman–Crippen MR) is 175 cm³/mol. The van der Waals surface area contributed by atoms with E-state index in [4.69, 9.17) is 0 Å². The van der Waals surface area contributed by atoms with E-state index in [1.165, 1.54) is 128 Å². The number of rotatable bonds is 21. The quantitative estimate of drug-likeness (QED) is 0.106. The van der Waals surface area contributed by atoms with Crippen molar-refractivity contribution < 1.29 is 0 Å². The average molecular weight is 559 g/mol. The normalized spacial score (nSPS) is 14.7. The summed E-state index contributed by atoms with van der Waals surface area (Å²) in [7, 11) is -1.69. The molecule has 0 nitrogen and oxygen atoms in total. The molecular formula is C34H58S2Si. The average Bonchev–Trinajstić information content (AvgIpc) is 3.52. The fourth-order valence-electron chi connectivity index (χ4n) is 6.93. The van der Waals surface area contributed by atoms with Gasteiger partial charge >= 0.3 is 0 Å². The largest absolute Gasteiger partial charge is 0.140 e. The second-order valence-electron chi connectivity index (χ2n) is 12.3. The molecule has 0 saturated carbocycles. The van der Waals surface area contributed by atoms with Crippen molar-refractivity contribution in [3.63, 3.8) is 0 Å². The highest BCUT2D eigenvalue weighted by molar-refractivity contribution is 7.29. The van der Waals surface area contributed by atoms with E-state index >= 15 is 0 Å². The van der Waals surface area contributed by atoms with Crippen LogP contribution in [0.3, 0.4) is 0 Å². The molecule has 0 N–H and O–H groups in total. The Balaban J connectivity index is 1.80. The van der Waals surface area contributed by atoms with Gasteiger partial charge in [-0.15, -0.1) is 22.7 Å². The van der Waals surface area contributed by atoms with Crippen LogP contribution in [0.15, 0.2) is 12.1 Å². The summed E-state index contributed by atoms with van der Waals surface area (Å²) in [4.78, 5) is 6.51. The zero-order valence-electron chi connectivity index (χ0n) is 25.2. The Morgan fingerprint density at radius 1 is 0.568 bits per heavy atom. The molecule has 0 bridgehead atoms. The lowest BCUT2D eigenvalue weighted by atomic mass is 9.96. The summed E-state index contributed by atoms with van der Waals surface area (Å²) in [5.41, 5.74) is 0. The van der Waals surface area contributed by atoms with Crippen LogP contribution in [0, 0.1) is 19.8 Å². The lowest BCUT2D eigenvalue weighted by Crippen LogP contribution is -2.55. The maximum absolute atomic E-state index is 2.67. The minimum atomic E-state index is -1.69. The van der Waals surface area contributed by atoms with Crippen molar-refractivity contribution in [2.45, 2.75) is 162 Å². The van der Waals surface area contributed by atoms with Gasteiger partial charge in [0.25, 0.3) is 0 Å². The molecule has 0 radical (unpaired) electrons. The van der Waals surface area contributed by atoms with Gasteiger partial charge in [0.1, 0.15) is 8.07 Å². The third-order valence-corrected chi connectivity index (χ3v) is 16.9.